The smallest absolute Gasteiger partial charge is 0.243 e. The van der Waals surface area contributed by atoms with Gasteiger partial charge in [-0.2, -0.15) is 16.1 Å². The Morgan fingerprint density at radius 3 is 2.60 bits per heavy atom. The van der Waals surface area contributed by atoms with Crippen molar-refractivity contribution >= 4 is 21.8 Å². The molecule has 1 unspecified atom stereocenters. The molecule has 0 fully saturated rings. The third-order valence-electron chi connectivity index (χ3n) is 3.58. The summed E-state index contributed by atoms with van der Waals surface area (Å²) in [4.78, 5) is 0.280. The van der Waals surface area contributed by atoms with Crippen molar-refractivity contribution in [3.63, 3.8) is 0 Å². The number of nitrogens with zero attached hydrogens (tertiary/aromatic N) is 1. The van der Waals surface area contributed by atoms with Crippen LogP contribution < -0.4 is 0 Å². The zero-order chi connectivity index (χ0) is 15.3. The fourth-order valence-corrected chi connectivity index (χ4v) is 4.21. The molecular weight excluding hydrogens is 294 g/mol. The lowest BCUT2D eigenvalue weighted by atomic mass is 10.1. The normalized spacial score (nSPS) is 13.7. The molecular formula is C14H23NO3S2. The third-order valence-corrected chi connectivity index (χ3v) is 6.34. The van der Waals surface area contributed by atoms with Crippen molar-refractivity contribution in [3.8, 4) is 0 Å². The van der Waals surface area contributed by atoms with Crippen molar-refractivity contribution in [2.75, 3.05) is 19.1 Å². The summed E-state index contributed by atoms with van der Waals surface area (Å²) in [7, 11) is -1.90. The van der Waals surface area contributed by atoms with Crippen LogP contribution in [-0.2, 0) is 16.6 Å². The van der Waals surface area contributed by atoms with Crippen LogP contribution in [0.1, 0.15) is 24.5 Å². The summed E-state index contributed by atoms with van der Waals surface area (Å²) < 4.78 is 26.7. The van der Waals surface area contributed by atoms with Crippen LogP contribution in [0, 0.1) is 6.92 Å². The molecule has 20 heavy (non-hydrogen) atoms. The van der Waals surface area contributed by atoms with Crippen LogP contribution >= 0.6 is 11.8 Å². The van der Waals surface area contributed by atoms with Gasteiger partial charge in [-0.15, -0.1) is 0 Å². The quantitative estimate of drug-likeness (QED) is 0.838. The second-order valence-electron chi connectivity index (χ2n) is 4.85. The lowest BCUT2D eigenvalue weighted by molar-refractivity contribution is 0.280. The number of aliphatic hydroxyl groups excluding tert-OH is 1. The molecule has 0 aromatic heterocycles. The van der Waals surface area contributed by atoms with Gasteiger partial charge in [0.15, 0.2) is 0 Å². The van der Waals surface area contributed by atoms with Gasteiger partial charge in [0, 0.05) is 13.1 Å². The summed E-state index contributed by atoms with van der Waals surface area (Å²) >= 11 is 1.71. The number of aliphatic hydroxyl groups is 1. The number of benzene rings is 1. The zero-order valence-electron chi connectivity index (χ0n) is 12.5. The van der Waals surface area contributed by atoms with Crippen LogP contribution in [0.25, 0.3) is 0 Å². The summed E-state index contributed by atoms with van der Waals surface area (Å²) in [6.07, 6.45) is 2.83. The van der Waals surface area contributed by atoms with Crippen LogP contribution in [0.4, 0.5) is 0 Å². The lowest BCUT2D eigenvalue weighted by Gasteiger charge is -2.25. The van der Waals surface area contributed by atoms with E-state index in [0.29, 0.717) is 11.1 Å². The van der Waals surface area contributed by atoms with E-state index in [0.717, 1.165) is 12.2 Å². The third kappa shape index (κ3) is 3.75. The van der Waals surface area contributed by atoms with Gasteiger partial charge in [0.05, 0.1) is 11.5 Å². The van der Waals surface area contributed by atoms with Crippen LogP contribution in [0.5, 0.6) is 0 Å². The lowest BCUT2D eigenvalue weighted by Crippen LogP contribution is -2.35. The summed E-state index contributed by atoms with van der Waals surface area (Å²) in [6.45, 7) is 3.50. The van der Waals surface area contributed by atoms with E-state index in [9.17, 15) is 13.5 Å². The van der Waals surface area contributed by atoms with E-state index in [4.69, 9.17) is 0 Å². The molecule has 0 saturated heterocycles. The number of hydrogen-bond acceptors (Lipinski definition) is 4. The minimum Gasteiger partial charge on any atom is -0.392 e. The summed E-state index contributed by atoms with van der Waals surface area (Å²) in [6, 6.07) is 4.96. The molecule has 1 rings (SSSR count). The maximum Gasteiger partial charge on any atom is 0.243 e. The van der Waals surface area contributed by atoms with E-state index >= 15 is 0 Å². The maximum absolute atomic E-state index is 12.7. The molecule has 0 amide bonds. The van der Waals surface area contributed by atoms with Crippen LogP contribution in [-0.4, -0.2) is 42.9 Å². The molecule has 1 aromatic rings. The summed E-state index contributed by atoms with van der Waals surface area (Å²) in [5.41, 5.74) is 1.27. The first kappa shape index (κ1) is 17.5. The molecule has 4 nitrogen and oxygen atoms in total. The molecule has 0 aliphatic heterocycles. The fraction of sp³-hybridized carbons (Fsp3) is 0.571. The second-order valence-corrected chi connectivity index (χ2v) is 7.80. The first-order valence-corrected chi connectivity index (χ1v) is 9.36. The highest BCUT2D eigenvalue weighted by molar-refractivity contribution is 7.98. The fourth-order valence-electron chi connectivity index (χ4n) is 1.97. The van der Waals surface area contributed by atoms with Gasteiger partial charge in [-0.1, -0.05) is 12.1 Å². The van der Waals surface area contributed by atoms with Gasteiger partial charge in [0.25, 0.3) is 0 Å². The molecule has 0 spiro atoms. The largest absolute Gasteiger partial charge is 0.392 e. The molecule has 0 bridgehead atoms. The highest BCUT2D eigenvalue weighted by atomic mass is 32.2. The van der Waals surface area contributed by atoms with E-state index in [1.807, 2.05) is 13.2 Å². The first-order chi connectivity index (χ1) is 9.36. The molecule has 0 aliphatic carbocycles. The standard InChI is InChI=1S/C14H23NO3S2/c1-11(8-9-19-4)15(3)20(17,18)14-7-5-6-13(10-16)12(14)2/h5-7,11,16H,8-10H2,1-4H3. The Morgan fingerprint density at radius 2 is 2.05 bits per heavy atom. The van der Waals surface area contributed by atoms with Crippen molar-refractivity contribution in [1.82, 2.24) is 4.31 Å². The zero-order valence-corrected chi connectivity index (χ0v) is 14.1. The molecule has 1 atom stereocenters. The molecule has 6 heteroatoms. The SMILES string of the molecule is CSCCC(C)N(C)S(=O)(=O)c1cccc(CO)c1C. The van der Waals surface area contributed by atoms with Crippen molar-refractivity contribution in [1.29, 1.82) is 0 Å². The second kappa shape index (κ2) is 7.45. The number of thioether (sulfide) groups is 1. The van der Waals surface area contributed by atoms with Gasteiger partial charge in [0.1, 0.15) is 0 Å². The van der Waals surface area contributed by atoms with Crippen molar-refractivity contribution in [2.45, 2.75) is 37.8 Å². The molecule has 0 heterocycles. The average molecular weight is 317 g/mol. The molecule has 114 valence electrons. The highest BCUT2D eigenvalue weighted by Gasteiger charge is 2.27. The van der Waals surface area contributed by atoms with E-state index in [1.165, 1.54) is 4.31 Å². The minimum atomic E-state index is -3.52. The van der Waals surface area contributed by atoms with E-state index in [-0.39, 0.29) is 17.5 Å². The van der Waals surface area contributed by atoms with E-state index < -0.39 is 10.0 Å². The Morgan fingerprint density at radius 1 is 1.40 bits per heavy atom. The topological polar surface area (TPSA) is 57.6 Å². The molecule has 0 saturated carbocycles. The van der Waals surface area contributed by atoms with Gasteiger partial charge >= 0.3 is 0 Å². The van der Waals surface area contributed by atoms with Crippen molar-refractivity contribution in [2.24, 2.45) is 0 Å². The Bertz CT molecular complexity index is 543. The molecule has 1 aromatic carbocycles. The Balaban J connectivity index is 3.10. The summed E-state index contributed by atoms with van der Waals surface area (Å²) in [5.74, 6) is 0.927. The van der Waals surface area contributed by atoms with Crippen molar-refractivity contribution < 1.29 is 13.5 Å². The van der Waals surface area contributed by atoms with Gasteiger partial charge in [0.2, 0.25) is 10.0 Å². The molecule has 0 radical (unpaired) electrons. The minimum absolute atomic E-state index is 0.0513. The average Bonchev–Trinajstić information content (AvgIpc) is 2.43. The molecule has 1 N–H and O–H groups in total. The first-order valence-electron chi connectivity index (χ1n) is 6.52. The Labute approximate surface area is 126 Å². The predicted octanol–water partition coefficient (Wildman–Crippen LogP) is 2.25. The predicted molar refractivity (Wildman–Crippen MR) is 84.5 cm³/mol. The van der Waals surface area contributed by atoms with Crippen LogP contribution in [0.3, 0.4) is 0 Å². The molecule has 0 aliphatic rings. The highest BCUT2D eigenvalue weighted by Crippen LogP contribution is 2.24. The number of hydrogen-bond donors (Lipinski definition) is 1. The number of sulfonamides is 1. The van der Waals surface area contributed by atoms with Crippen molar-refractivity contribution in [3.05, 3.63) is 29.3 Å². The van der Waals surface area contributed by atoms with Gasteiger partial charge in [-0.05, 0) is 49.5 Å². The summed E-state index contributed by atoms with van der Waals surface area (Å²) in [5, 5.41) is 9.26. The Kier molecular flexibility index (Phi) is 6.51. The van der Waals surface area contributed by atoms with Crippen LogP contribution in [0.15, 0.2) is 23.1 Å². The maximum atomic E-state index is 12.7. The monoisotopic (exact) mass is 317 g/mol. The Hall–Kier alpha value is -0.560. The van der Waals surface area contributed by atoms with Crippen LogP contribution in [0.2, 0.25) is 0 Å². The van der Waals surface area contributed by atoms with E-state index in [1.54, 1.807) is 43.9 Å². The van der Waals surface area contributed by atoms with Gasteiger partial charge in [-0.25, -0.2) is 8.42 Å². The van der Waals surface area contributed by atoms with Gasteiger partial charge < -0.3 is 5.11 Å². The van der Waals surface area contributed by atoms with E-state index in [2.05, 4.69) is 0 Å². The van der Waals surface area contributed by atoms with Gasteiger partial charge in [-0.3, -0.25) is 0 Å². The number of rotatable bonds is 7.